The van der Waals surface area contributed by atoms with Crippen LogP contribution in [-0.4, -0.2) is 29.9 Å². The number of hydrogen-bond acceptors (Lipinski definition) is 2. The molecule has 2 aliphatic rings. The van der Waals surface area contributed by atoms with Crippen LogP contribution in [0.2, 0.25) is 0 Å². The second-order valence-electron chi connectivity index (χ2n) is 5.89. The van der Waals surface area contributed by atoms with Crippen molar-refractivity contribution >= 4 is 18.3 Å². The van der Waals surface area contributed by atoms with E-state index in [-0.39, 0.29) is 29.9 Å². The largest absolute Gasteiger partial charge is 0.338 e. The lowest BCUT2D eigenvalue weighted by atomic mass is 9.78. The molecule has 1 saturated carbocycles. The van der Waals surface area contributed by atoms with Crippen molar-refractivity contribution in [3.05, 3.63) is 35.4 Å². The van der Waals surface area contributed by atoms with Gasteiger partial charge in [-0.05, 0) is 36.8 Å². The Bertz CT molecular complexity index is 520. The highest BCUT2D eigenvalue weighted by atomic mass is 35.5. The van der Waals surface area contributed by atoms with Gasteiger partial charge in [0, 0.05) is 30.8 Å². The quantitative estimate of drug-likeness (QED) is 0.865. The zero-order chi connectivity index (χ0) is 14.3. The van der Waals surface area contributed by atoms with Gasteiger partial charge in [-0.15, -0.1) is 12.4 Å². The summed E-state index contributed by atoms with van der Waals surface area (Å²) < 4.78 is 26.4. The topological polar surface area (TPSA) is 46.3 Å². The van der Waals surface area contributed by atoms with Crippen LogP contribution in [0.15, 0.2) is 18.2 Å². The van der Waals surface area contributed by atoms with Crippen LogP contribution in [0, 0.1) is 23.5 Å². The second kappa shape index (κ2) is 6.28. The number of fused-ring (bicyclic) bond motifs is 1. The van der Waals surface area contributed by atoms with E-state index in [4.69, 9.17) is 5.73 Å². The van der Waals surface area contributed by atoms with Gasteiger partial charge < -0.3 is 10.6 Å². The number of nitrogens with zero attached hydrogens (tertiary/aromatic N) is 1. The summed E-state index contributed by atoms with van der Waals surface area (Å²) in [6, 6.07) is 3.09. The Morgan fingerprint density at radius 2 is 1.81 bits per heavy atom. The fourth-order valence-corrected chi connectivity index (χ4v) is 3.54. The van der Waals surface area contributed by atoms with Crippen LogP contribution in [0.4, 0.5) is 8.78 Å². The third-order valence-electron chi connectivity index (χ3n) is 4.55. The highest BCUT2D eigenvalue weighted by Gasteiger charge is 2.40. The Morgan fingerprint density at radius 3 is 2.43 bits per heavy atom. The zero-order valence-corrected chi connectivity index (χ0v) is 12.4. The molecule has 3 nitrogen and oxygen atoms in total. The molecule has 1 aromatic rings. The molecule has 3 atom stereocenters. The number of amides is 1. The number of benzene rings is 1. The van der Waals surface area contributed by atoms with E-state index in [0.29, 0.717) is 24.9 Å². The van der Waals surface area contributed by atoms with Crippen molar-refractivity contribution in [2.45, 2.75) is 25.3 Å². The first-order valence-electron chi connectivity index (χ1n) is 7.05. The minimum Gasteiger partial charge on any atom is -0.338 e. The third-order valence-corrected chi connectivity index (χ3v) is 4.55. The molecule has 0 radical (unpaired) electrons. The number of halogens is 3. The number of carbonyl (C=O) groups excluding carboxylic acids is 1. The normalized spacial score (nSPS) is 28.0. The van der Waals surface area contributed by atoms with Gasteiger partial charge in [-0.2, -0.15) is 0 Å². The van der Waals surface area contributed by atoms with Gasteiger partial charge in [-0.3, -0.25) is 4.79 Å². The molecular formula is C15H19ClF2N2O. The Labute approximate surface area is 128 Å². The summed E-state index contributed by atoms with van der Waals surface area (Å²) >= 11 is 0. The predicted molar refractivity (Wildman–Crippen MR) is 78.3 cm³/mol. The van der Waals surface area contributed by atoms with Crippen LogP contribution < -0.4 is 5.73 Å². The van der Waals surface area contributed by atoms with Gasteiger partial charge in [0.25, 0.3) is 5.91 Å². The maximum atomic E-state index is 13.2. The minimum atomic E-state index is -0.721. The molecule has 21 heavy (non-hydrogen) atoms. The van der Waals surface area contributed by atoms with Crippen molar-refractivity contribution in [3.63, 3.8) is 0 Å². The Kier molecular flexibility index (Phi) is 4.84. The molecule has 1 aliphatic carbocycles. The summed E-state index contributed by atoms with van der Waals surface area (Å²) in [5.74, 6) is -0.986. The zero-order valence-electron chi connectivity index (χ0n) is 11.6. The fourth-order valence-electron chi connectivity index (χ4n) is 3.54. The van der Waals surface area contributed by atoms with Crippen molar-refractivity contribution in [3.8, 4) is 0 Å². The van der Waals surface area contributed by atoms with Crippen LogP contribution in [0.1, 0.15) is 29.6 Å². The first kappa shape index (κ1) is 16.2. The second-order valence-corrected chi connectivity index (χ2v) is 5.89. The molecule has 6 heteroatoms. The molecule has 3 rings (SSSR count). The summed E-state index contributed by atoms with van der Waals surface area (Å²) in [7, 11) is 0. The van der Waals surface area contributed by atoms with Crippen molar-refractivity contribution in [2.75, 3.05) is 13.1 Å². The van der Waals surface area contributed by atoms with E-state index in [0.717, 1.165) is 37.5 Å². The molecule has 2 fully saturated rings. The first-order chi connectivity index (χ1) is 9.54. The van der Waals surface area contributed by atoms with Crippen molar-refractivity contribution < 1.29 is 13.6 Å². The van der Waals surface area contributed by atoms with Gasteiger partial charge >= 0.3 is 0 Å². The highest BCUT2D eigenvalue weighted by Crippen LogP contribution is 2.36. The predicted octanol–water partition coefficient (Wildman–Crippen LogP) is 2.59. The van der Waals surface area contributed by atoms with E-state index in [9.17, 15) is 13.6 Å². The third kappa shape index (κ3) is 3.19. The lowest BCUT2D eigenvalue weighted by molar-refractivity contribution is 0.0782. The van der Waals surface area contributed by atoms with Crippen LogP contribution >= 0.6 is 12.4 Å². The number of carbonyl (C=O) groups is 1. The molecule has 1 heterocycles. The smallest absolute Gasteiger partial charge is 0.254 e. The number of hydrogen-bond donors (Lipinski definition) is 1. The van der Waals surface area contributed by atoms with Crippen molar-refractivity contribution in [1.82, 2.24) is 4.90 Å². The van der Waals surface area contributed by atoms with Gasteiger partial charge in [0.05, 0.1) is 0 Å². The molecule has 2 N–H and O–H groups in total. The molecule has 0 aromatic heterocycles. The molecule has 1 aliphatic heterocycles. The standard InChI is InChI=1S/C15H18F2N2O.ClH/c16-11-4-10(5-12(17)6-11)15(20)19-7-9-2-1-3-14(18)13(9)8-19;/h4-6,9,13-14H,1-3,7-8,18H2;1H. The van der Waals surface area contributed by atoms with E-state index in [1.807, 2.05) is 0 Å². The fraction of sp³-hybridized carbons (Fsp3) is 0.533. The van der Waals surface area contributed by atoms with Crippen LogP contribution in [-0.2, 0) is 0 Å². The monoisotopic (exact) mass is 316 g/mol. The summed E-state index contributed by atoms with van der Waals surface area (Å²) in [5, 5.41) is 0. The SMILES string of the molecule is Cl.NC1CCCC2CN(C(=O)c3cc(F)cc(F)c3)CC12. The van der Waals surface area contributed by atoms with E-state index >= 15 is 0 Å². The molecule has 0 spiro atoms. The Hall–Kier alpha value is -1.20. The van der Waals surface area contributed by atoms with E-state index in [2.05, 4.69) is 0 Å². The van der Waals surface area contributed by atoms with Crippen LogP contribution in [0.25, 0.3) is 0 Å². The number of likely N-dealkylation sites (tertiary alicyclic amines) is 1. The molecule has 3 unspecified atom stereocenters. The molecule has 116 valence electrons. The van der Waals surface area contributed by atoms with Crippen molar-refractivity contribution in [2.24, 2.45) is 17.6 Å². The maximum Gasteiger partial charge on any atom is 0.254 e. The summed E-state index contributed by atoms with van der Waals surface area (Å²) in [6.07, 6.45) is 3.18. The van der Waals surface area contributed by atoms with E-state index in [1.54, 1.807) is 4.90 Å². The number of rotatable bonds is 1. The molecule has 1 saturated heterocycles. The molecule has 1 amide bonds. The lowest BCUT2D eigenvalue weighted by Crippen LogP contribution is -2.38. The van der Waals surface area contributed by atoms with E-state index < -0.39 is 11.6 Å². The van der Waals surface area contributed by atoms with Gasteiger partial charge in [0.2, 0.25) is 0 Å². The maximum absolute atomic E-state index is 13.2. The number of nitrogens with two attached hydrogens (primary N) is 1. The highest BCUT2D eigenvalue weighted by molar-refractivity contribution is 5.94. The lowest BCUT2D eigenvalue weighted by Gasteiger charge is -2.29. The average molecular weight is 317 g/mol. The van der Waals surface area contributed by atoms with Crippen molar-refractivity contribution in [1.29, 1.82) is 0 Å². The molecule has 1 aromatic carbocycles. The van der Waals surface area contributed by atoms with Crippen LogP contribution in [0.5, 0.6) is 0 Å². The van der Waals surface area contributed by atoms with Crippen LogP contribution in [0.3, 0.4) is 0 Å². The summed E-state index contributed by atoms with van der Waals surface area (Å²) in [6.45, 7) is 1.25. The first-order valence-corrected chi connectivity index (χ1v) is 7.05. The summed E-state index contributed by atoms with van der Waals surface area (Å²) in [4.78, 5) is 14.0. The molecule has 0 bridgehead atoms. The van der Waals surface area contributed by atoms with E-state index in [1.165, 1.54) is 0 Å². The Morgan fingerprint density at radius 1 is 1.14 bits per heavy atom. The van der Waals surface area contributed by atoms with Gasteiger partial charge in [-0.25, -0.2) is 8.78 Å². The van der Waals surface area contributed by atoms with Gasteiger partial charge in [0.1, 0.15) is 11.6 Å². The average Bonchev–Trinajstić information content (AvgIpc) is 2.82. The van der Waals surface area contributed by atoms with Gasteiger partial charge in [0.15, 0.2) is 0 Å². The minimum absolute atomic E-state index is 0. The summed E-state index contributed by atoms with van der Waals surface area (Å²) in [5.41, 5.74) is 6.19. The Balaban J connectivity index is 0.00000161. The molecular weight excluding hydrogens is 298 g/mol. The van der Waals surface area contributed by atoms with Gasteiger partial charge in [-0.1, -0.05) is 6.42 Å².